The molecule has 0 amide bonds. The Hall–Kier alpha value is 2.03. The molecule has 73 valence electrons. The van der Waals surface area contributed by atoms with Crippen LogP contribution < -0.4 is 0 Å². The Morgan fingerprint density at radius 1 is 0.833 bits per heavy atom. The van der Waals surface area contributed by atoms with E-state index in [1.54, 1.807) is 0 Å². The van der Waals surface area contributed by atoms with Crippen LogP contribution in [-0.2, 0) is 0 Å². The predicted molar refractivity (Wildman–Crippen MR) is 59.1 cm³/mol. The highest BCUT2D eigenvalue weighted by Gasteiger charge is 2.58. The van der Waals surface area contributed by atoms with E-state index in [1.807, 2.05) is 0 Å². The summed E-state index contributed by atoms with van der Waals surface area (Å²) in [6, 6.07) is 0. The van der Waals surface area contributed by atoms with Gasteiger partial charge in [0.05, 0.1) is 0 Å². The van der Waals surface area contributed by atoms with Gasteiger partial charge >= 0.3 is 0 Å². The third-order valence-corrected chi connectivity index (χ3v) is 5.10. The van der Waals surface area contributed by atoms with Crippen LogP contribution >= 0.6 is 81.2 Å². The number of hydrogen-bond acceptors (Lipinski definition) is 0. The lowest BCUT2D eigenvalue weighted by Gasteiger charge is -2.36. The highest BCUT2D eigenvalue weighted by Crippen LogP contribution is 2.57. The van der Waals surface area contributed by atoms with E-state index in [9.17, 15) is 0 Å². The van der Waals surface area contributed by atoms with Gasteiger partial charge in [0.1, 0.15) is 0 Å². The first kappa shape index (κ1) is 14.0. The smallest absolute Gasteiger partial charge is 0.0981 e. The summed E-state index contributed by atoms with van der Waals surface area (Å²) in [5.74, 6) is 0. The lowest BCUT2D eigenvalue weighted by molar-refractivity contribution is 0.666. The van der Waals surface area contributed by atoms with Crippen molar-refractivity contribution in [2.24, 2.45) is 0 Å². The van der Waals surface area contributed by atoms with Crippen molar-refractivity contribution < 1.29 is 0 Å². The fourth-order valence-electron chi connectivity index (χ4n) is 0.364. The zero-order valence-electron chi connectivity index (χ0n) is 5.56. The van der Waals surface area contributed by atoms with E-state index in [0.717, 1.165) is 0 Å². The maximum Gasteiger partial charge on any atom is 0.226 e. The Morgan fingerprint density at radius 3 is 1.25 bits per heavy atom. The molecule has 0 atom stereocenters. The zero-order valence-corrected chi connectivity index (χ0v) is 10.9. The van der Waals surface area contributed by atoms with Gasteiger partial charge in [-0.05, 0) is 6.42 Å². The second-order valence-electron chi connectivity index (χ2n) is 2.03. The average Bonchev–Trinajstić information content (AvgIpc) is 1.85. The lowest BCUT2D eigenvalue weighted by atomic mass is 10.2. The van der Waals surface area contributed by atoms with E-state index < -0.39 is 12.5 Å². The molecule has 0 heterocycles. The number of hydrogen-bond donors (Lipinski definition) is 0. The molecule has 0 spiro atoms. The van der Waals surface area contributed by atoms with Crippen molar-refractivity contribution in [3.8, 4) is 0 Å². The summed E-state index contributed by atoms with van der Waals surface area (Å²) in [4.78, 5) is 0. The fourth-order valence-corrected chi connectivity index (χ4v) is 1.61. The molecule has 0 nitrogen and oxygen atoms in total. The standard InChI is InChI=1S/C5H4Cl7/c1-2-3(6,7)4(8,9)5(10,11)12/h1-2H2. The molecule has 0 N–H and O–H groups in total. The number of alkyl halides is 7. The lowest BCUT2D eigenvalue weighted by Crippen LogP contribution is -2.46. The van der Waals surface area contributed by atoms with Crippen LogP contribution in [0.4, 0.5) is 0 Å². The molecule has 0 rings (SSSR count). The Labute approximate surface area is 106 Å². The first-order valence-electron chi connectivity index (χ1n) is 2.68. The first-order chi connectivity index (χ1) is 5.06. The van der Waals surface area contributed by atoms with Crippen LogP contribution in [0.1, 0.15) is 6.42 Å². The van der Waals surface area contributed by atoms with Crippen molar-refractivity contribution in [1.29, 1.82) is 0 Å². The summed E-state index contributed by atoms with van der Waals surface area (Å²) >= 11 is 39.1. The third-order valence-electron chi connectivity index (χ3n) is 1.13. The average molecular weight is 312 g/mol. The first-order valence-corrected chi connectivity index (χ1v) is 5.32. The Balaban J connectivity index is 4.85. The Bertz CT molecular complexity index is 156. The summed E-state index contributed by atoms with van der Waals surface area (Å²) in [5, 5.41) is 0. The van der Waals surface area contributed by atoms with Gasteiger partial charge in [-0.2, -0.15) is 0 Å². The summed E-state index contributed by atoms with van der Waals surface area (Å²) < 4.78 is -5.49. The normalized spacial score (nSPS) is 15.0. The van der Waals surface area contributed by atoms with Crippen LogP contribution in [-0.4, -0.2) is 12.5 Å². The molecular formula is C5H4Cl7. The summed E-state index contributed by atoms with van der Waals surface area (Å²) in [6.07, 6.45) is 0.0109. The van der Waals surface area contributed by atoms with Gasteiger partial charge in [-0.3, -0.25) is 0 Å². The van der Waals surface area contributed by atoms with E-state index in [2.05, 4.69) is 6.92 Å². The SMILES string of the molecule is [CH2]CC(Cl)(Cl)C(Cl)(Cl)C(Cl)(Cl)Cl. The maximum atomic E-state index is 5.68. The number of rotatable bonds is 2. The van der Waals surface area contributed by atoms with Gasteiger partial charge in [-0.15, -0.1) is 0 Å². The minimum absolute atomic E-state index is 0.0109. The zero-order chi connectivity index (χ0) is 10.2. The highest BCUT2D eigenvalue weighted by molar-refractivity contribution is 6.78. The highest BCUT2D eigenvalue weighted by atomic mass is 35.6. The van der Waals surface area contributed by atoms with E-state index >= 15 is 0 Å². The largest absolute Gasteiger partial charge is 0.226 e. The molecule has 12 heavy (non-hydrogen) atoms. The van der Waals surface area contributed by atoms with E-state index in [0.29, 0.717) is 0 Å². The molecule has 0 aromatic carbocycles. The van der Waals surface area contributed by atoms with Crippen LogP contribution in [0.3, 0.4) is 0 Å². The van der Waals surface area contributed by atoms with Crippen molar-refractivity contribution in [2.45, 2.75) is 18.9 Å². The van der Waals surface area contributed by atoms with Crippen molar-refractivity contribution in [3.05, 3.63) is 6.92 Å². The molecule has 0 aliphatic carbocycles. The fraction of sp³-hybridized carbons (Fsp3) is 0.800. The van der Waals surface area contributed by atoms with Crippen LogP contribution in [0.5, 0.6) is 0 Å². The van der Waals surface area contributed by atoms with Gasteiger partial charge in [0.25, 0.3) is 0 Å². The summed E-state index contributed by atoms with van der Waals surface area (Å²) in [6.45, 7) is 3.43. The van der Waals surface area contributed by atoms with Gasteiger partial charge in [0, 0.05) is 0 Å². The molecule has 0 bridgehead atoms. The predicted octanol–water partition coefficient (Wildman–Crippen LogP) is 4.93. The van der Waals surface area contributed by atoms with Crippen molar-refractivity contribution in [3.63, 3.8) is 0 Å². The van der Waals surface area contributed by atoms with Gasteiger partial charge in [0.15, 0.2) is 8.67 Å². The molecule has 1 radical (unpaired) electrons. The quantitative estimate of drug-likeness (QED) is 0.634. The van der Waals surface area contributed by atoms with E-state index in [-0.39, 0.29) is 6.42 Å². The topological polar surface area (TPSA) is 0 Å². The molecule has 7 heteroatoms. The molecule has 0 fully saturated rings. The molecule has 0 saturated heterocycles. The molecule has 0 saturated carbocycles. The number of halogens is 7. The molecule has 0 aliphatic rings. The van der Waals surface area contributed by atoms with Crippen LogP contribution in [0.15, 0.2) is 0 Å². The monoisotopic (exact) mass is 309 g/mol. The van der Waals surface area contributed by atoms with E-state index in [1.165, 1.54) is 0 Å². The molecule has 0 aliphatic heterocycles. The minimum atomic E-state index is -1.97. The summed E-state index contributed by atoms with van der Waals surface area (Å²) in [7, 11) is 0. The minimum Gasteiger partial charge on any atom is -0.0981 e. The van der Waals surface area contributed by atoms with Crippen molar-refractivity contribution >= 4 is 81.2 Å². The van der Waals surface area contributed by atoms with Crippen molar-refractivity contribution in [1.82, 2.24) is 0 Å². The van der Waals surface area contributed by atoms with Gasteiger partial charge in [-0.25, -0.2) is 0 Å². The Morgan fingerprint density at radius 2 is 1.17 bits per heavy atom. The second kappa shape index (κ2) is 4.26. The van der Waals surface area contributed by atoms with E-state index in [4.69, 9.17) is 81.2 Å². The Kier molecular flexibility index (Phi) is 4.99. The van der Waals surface area contributed by atoms with Gasteiger partial charge < -0.3 is 0 Å². The summed E-state index contributed by atoms with van der Waals surface area (Å²) in [5.41, 5.74) is 0. The molecule has 0 aromatic rings. The maximum absolute atomic E-state index is 5.68. The second-order valence-corrected chi connectivity index (χ2v) is 7.12. The van der Waals surface area contributed by atoms with Gasteiger partial charge in [-0.1, -0.05) is 88.1 Å². The van der Waals surface area contributed by atoms with Gasteiger partial charge in [0.2, 0.25) is 3.79 Å². The third kappa shape index (κ3) is 2.76. The van der Waals surface area contributed by atoms with Crippen LogP contribution in [0.2, 0.25) is 0 Å². The van der Waals surface area contributed by atoms with Crippen LogP contribution in [0.25, 0.3) is 0 Å². The molecule has 0 unspecified atom stereocenters. The molecular weight excluding hydrogens is 308 g/mol. The molecule has 0 aromatic heterocycles. The van der Waals surface area contributed by atoms with Crippen LogP contribution in [0, 0.1) is 6.92 Å². The van der Waals surface area contributed by atoms with Crippen molar-refractivity contribution in [2.75, 3.05) is 0 Å².